The molecule has 0 bridgehead atoms. The van der Waals surface area contributed by atoms with Crippen LogP contribution < -0.4 is 4.90 Å². The predicted molar refractivity (Wildman–Crippen MR) is 231 cm³/mol. The summed E-state index contributed by atoms with van der Waals surface area (Å²) in [6.07, 6.45) is 0. The van der Waals surface area contributed by atoms with Crippen LogP contribution in [0, 0.1) is 0 Å². The van der Waals surface area contributed by atoms with E-state index in [9.17, 15) is 0 Å². The number of furan rings is 1. The number of fused-ring (bicyclic) bond motifs is 3. The van der Waals surface area contributed by atoms with Crippen LogP contribution in [0.4, 0.5) is 17.1 Å². The van der Waals surface area contributed by atoms with Crippen molar-refractivity contribution < 1.29 is 4.42 Å². The number of rotatable bonds is 8. The Balaban J connectivity index is 1.03. The Morgan fingerprint density at radius 3 is 1.29 bits per heavy atom. The highest BCUT2D eigenvalue weighted by atomic mass is 16.3. The Hall–Kier alpha value is -7.56. The minimum Gasteiger partial charge on any atom is -0.456 e. The Morgan fingerprint density at radius 2 is 0.696 bits per heavy atom. The van der Waals surface area contributed by atoms with Gasteiger partial charge in [-0.15, -0.1) is 0 Å². The van der Waals surface area contributed by atoms with Crippen LogP contribution >= 0.6 is 0 Å². The minimum atomic E-state index is 0.644. The van der Waals surface area contributed by atoms with E-state index in [1.54, 1.807) is 0 Å². The largest absolute Gasteiger partial charge is 0.456 e. The van der Waals surface area contributed by atoms with Gasteiger partial charge in [0.1, 0.15) is 11.2 Å². The van der Waals surface area contributed by atoms with Crippen molar-refractivity contribution in [3.05, 3.63) is 212 Å². The summed E-state index contributed by atoms with van der Waals surface area (Å²) in [7, 11) is 0. The van der Waals surface area contributed by atoms with E-state index in [1.165, 1.54) is 22.3 Å². The summed E-state index contributed by atoms with van der Waals surface area (Å²) in [5.41, 5.74) is 14.1. The molecule has 2 aromatic heterocycles. The third kappa shape index (κ3) is 6.40. The molecular formula is C52H35N3O. The normalized spacial score (nSPS) is 11.2. The standard InChI is InChI=1S/C52H35N3O/c1-5-13-36(14-6-1)38-21-23-41(24-22-38)49-35-48(40-17-9-3-10-18-40)53-52(54-49)42-27-31-46-47-32-30-45(34-51(47)56-50(46)33-42)55(43-19-11-4-12-20-43)44-28-25-39(26-29-44)37-15-7-2-8-16-37/h1-35H. The van der Waals surface area contributed by atoms with E-state index in [2.05, 4.69) is 181 Å². The molecule has 56 heavy (non-hydrogen) atoms. The summed E-state index contributed by atoms with van der Waals surface area (Å²) in [4.78, 5) is 12.5. The highest BCUT2D eigenvalue weighted by molar-refractivity contribution is 6.07. The molecule has 0 spiro atoms. The molecule has 0 N–H and O–H groups in total. The van der Waals surface area contributed by atoms with E-state index in [1.807, 2.05) is 36.4 Å². The van der Waals surface area contributed by atoms with E-state index in [0.29, 0.717) is 5.82 Å². The van der Waals surface area contributed by atoms with Gasteiger partial charge in [-0.1, -0.05) is 152 Å². The van der Waals surface area contributed by atoms with Crippen LogP contribution in [-0.4, -0.2) is 9.97 Å². The molecule has 8 aromatic carbocycles. The third-order valence-corrected chi connectivity index (χ3v) is 10.3. The first-order valence-corrected chi connectivity index (χ1v) is 18.8. The molecule has 264 valence electrons. The average Bonchev–Trinajstić information content (AvgIpc) is 3.65. The van der Waals surface area contributed by atoms with Crippen molar-refractivity contribution in [2.75, 3.05) is 4.90 Å². The fraction of sp³-hybridized carbons (Fsp3) is 0. The highest BCUT2D eigenvalue weighted by Crippen LogP contribution is 2.40. The van der Waals surface area contributed by atoms with Gasteiger partial charge in [-0.25, -0.2) is 9.97 Å². The Kier molecular flexibility index (Phi) is 8.47. The maximum absolute atomic E-state index is 6.66. The molecule has 0 radical (unpaired) electrons. The second kappa shape index (κ2) is 14.3. The molecule has 4 nitrogen and oxygen atoms in total. The summed E-state index contributed by atoms with van der Waals surface area (Å²) in [6.45, 7) is 0. The molecule has 4 heteroatoms. The topological polar surface area (TPSA) is 42.2 Å². The molecule has 0 fully saturated rings. The van der Waals surface area contributed by atoms with Gasteiger partial charge >= 0.3 is 0 Å². The molecule has 0 aliphatic heterocycles. The second-order valence-electron chi connectivity index (χ2n) is 13.8. The SMILES string of the molecule is c1ccc(-c2ccc(-c3cc(-c4ccccc4)nc(-c4ccc5c(c4)oc4cc(N(c6ccccc6)c6ccc(-c7ccccc7)cc6)ccc45)n3)cc2)cc1. The maximum Gasteiger partial charge on any atom is 0.160 e. The van der Waals surface area contributed by atoms with E-state index in [0.717, 1.165) is 67.1 Å². The highest BCUT2D eigenvalue weighted by Gasteiger charge is 2.17. The number of hydrogen-bond acceptors (Lipinski definition) is 4. The van der Waals surface area contributed by atoms with Crippen molar-refractivity contribution in [1.29, 1.82) is 0 Å². The van der Waals surface area contributed by atoms with Crippen LogP contribution in [0.1, 0.15) is 0 Å². The van der Waals surface area contributed by atoms with Crippen molar-refractivity contribution in [3.63, 3.8) is 0 Å². The molecular weight excluding hydrogens is 683 g/mol. The zero-order valence-corrected chi connectivity index (χ0v) is 30.5. The first-order valence-electron chi connectivity index (χ1n) is 18.8. The average molecular weight is 718 g/mol. The smallest absolute Gasteiger partial charge is 0.160 e. The van der Waals surface area contributed by atoms with Crippen molar-refractivity contribution in [2.24, 2.45) is 0 Å². The lowest BCUT2D eigenvalue weighted by molar-refractivity contribution is 0.669. The molecule has 0 unspecified atom stereocenters. The van der Waals surface area contributed by atoms with Crippen molar-refractivity contribution in [3.8, 4) is 56.2 Å². The van der Waals surface area contributed by atoms with Crippen LogP contribution in [0.3, 0.4) is 0 Å². The van der Waals surface area contributed by atoms with Gasteiger partial charge in [0.2, 0.25) is 0 Å². The van der Waals surface area contributed by atoms with Gasteiger partial charge in [0.25, 0.3) is 0 Å². The molecule has 0 aliphatic carbocycles. The Morgan fingerprint density at radius 1 is 0.304 bits per heavy atom. The van der Waals surface area contributed by atoms with Gasteiger partial charge in [0.15, 0.2) is 5.82 Å². The number of nitrogens with zero attached hydrogens (tertiary/aromatic N) is 3. The Labute approximate surface area is 325 Å². The quantitative estimate of drug-likeness (QED) is 0.157. The zero-order chi connectivity index (χ0) is 37.3. The van der Waals surface area contributed by atoms with Crippen molar-refractivity contribution in [2.45, 2.75) is 0 Å². The molecule has 10 aromatic rings. The molecule has 0 atom stereocenters. The summed E-state index contributed by atoms with van der Waals surface area (Å²) < 4.78 is 6.66. The van der Waals surface area contributed by atoms with E-state index >= 15 is 0 Å². The predicted octanol–water partition coefficient (Wildman–Crippen LogP) is 14.2. The molecule has 0 amide bonds. The molecule has 10 rings (SSSR count). The fourth-order valence-electron chi connectivity index (χ4n) is 7.45. The van der Waals surface area contributed by atoms with Crippen molar-refractivity contribution >= 4 is 39.0 Å². The lowest BCUT2D eigenvalue weighted by Crippen LogP contribution is -2.09. The first kappa shape index (κ1) is 33.0. The van der Waals surface area contributed by atoms with Crippen molar-refractivity contribution in [1.82, 2.24) is 9.97 Å². The summed E-state index contributed by atoms with van der Waals surface area (Å²) >= 11 is 0. The van der Waals surface area contributed by atoms with E-state index < -0.39 is 0 Å². The summed E-state index contributed by atoms with van der Waals surface area (Å²) in [6, 6.07) is 73.8. The van der Waals surface area contributed by atoms with Crippen LogP contribution in [0.2, 0.25) is 0 Å². The number of aromatic nitrogens is 2. The second-order valence-corrected chi connectivity index (χ2v) is 13.8. The Bertz CT molecular complexity index is 2920. The van der Waals surface area contributed by atoms with E-state index in [-0.39, 0.29) is 0 Å². The summed E-state index contributed by atoms with van der Waals surface area (Å²) in [5.74, 6) is 0.644. The van der Waals surface area contributed by atoms with Crippen LogP contribution in [0.25, 0.3) is 78.1 Å². The van der Waals surface area contributed by atoms with Gasteiger partial charge < -0.3 is 9.32 Å². The fourth-order valence-corrected chi connectivity index (χ4v) is 7.45. The molecule has 0 saturated heterocycles. The van der Waals surface area contributed by atoms with Gasteiger partial charge in [-0.2, -0.15) is 0 Å². The minimum absolute atomic E-state index is 0.644. The first-order chi connectivity index (χ1) is 27.7. The monoisotopic (exact) mass is 717 g/mol. The number of para-hydroxylation sites is 1. The van der Waals surface area contributed by atoms with Crippen LogP contribution in [0.15, 0.2) is 217 Å². The summed E-state index contributed by atoms with van der Waals surface area (Å²) in [5, 5.41) is 2.10. The van der Waals surface area contributed by atoms with Gasteiger partial charge in [-0.05, 0) is 76.9 Å². The number of benzene rings is 8. The van der Waals surface area contributed by atoms with Gasteiger partial charge in [-0.3, -0.25) is 0 Å². The lowest BCUT2D eigenvalue weighted by Gasteiger charge is -2.25. The maximum atomic E-state index is 6.66. The molecule has 0 saturated carbocycles. The molecule has 2 heterocycles. The van der Waals surface area contributed by atoms with Crippen LogP contribution in [-0.2, 0) is 0 Å². The van der Waals surface area contributed by atoms with Gasteiger partial charge in [0.05, 0.1) is 11.4 Å². The lowest BCUT2D eigenvalue weighted by atomic mass is 10.0. The third-order valence-electron chi connectivity index (χ3n) is 10.3. The van der Waals surface area contributed by atoms with Crippen LogP contribution in [0.5, 0.6) is 0 Å². The molecule has 0 aliphatic rings. The number of hydrogen-bond donors (Lipinski definition) is 0. The van der Waals surface area contributed by atoms with Gasteiger partial charge in [0, 0.05) is 50.6 Å². The van der Waals surface area contributed by atoms with E-state index in [4.69, 9.17) is 14.4 Å². The number of anilines is 3. The zero-order valence-electron chi connectivity index (χ0n) is 30.5.